The molecule has 2 unspecified atom stereocenters. The molecule has 3 heteroatoms. The van der Waals surface area contributed by atoms with Gasteiger partial charge in [0.2, 0.25) is 0 Å². The summed E-state index contributed by atoms with van der Waals surface area (Å²) in [4.78, 5) is 11.3. The molecular formula is C16H19BrO2. The van der Waals surface area contributed by atoms with Crippen LogP contribution in [0, 0.1) is 11.8 Å². The molecule has 1 aromatic rings. The number of rotatable bonds is 4. The van der Waals surface area contributed by atoms with E-state index >= 15 is 0 Å². The van der Waals surface area contributed by atoms with Crippen molar-refractivity contribution in [1.29, 1.82) is 0 Å². The maximum absolute atomic E-state index is 11.3. The highest BCUT2D eigenvalue weighted by Crippen LogP contribution is 2.28. The van der Waals surface area contributed by atoms with Crippen molar-refractivity contribution in [3.05, 3.63) is 40.4 Å². The molecule has 2 atom stereocenters. The second kappa shape index (κ2) is 6.38. The number of hydrogen-bond acceptors (Lipinski definition) is 2. The van der Waals surface area contributed by atoms with E-state index in [1.807, 2.05) is 18.2 Å². The molecule has 0 aliphatic heterocycles. The van der Waals surface area contributed by atoms with Crippen molar-refractivity contribution in [3.63, 3.8) is 0 Å². The molecule has 2 rings (SSSR count). The van der Waals surface area contributed by atoms with E-state index in [9.17, 15) is 4.79 Å². The van der Waals surface area contributed by atoms with E-state index in [1.165, 1.54) is 0 Å². The lowest BCUT2D eigenvalue weighted by molar-refractivity contribution is 0.101. The van der Waals surface area contributed by atoms with E-state index in [0.717, 1.165) is 29.7 Å². The molecule has 0 bridgehead atoms. The Balaban J connectivity index is 1.98. The van der Waals surface area contributed by atoms with Gasteiger partial charge in [0.1, 0.15) is 5.75 Å². The number of allylic oxidation sites excluding steroid dienone is 2. The molecule has 0 amide bonds. The molecule has 1 aromatic carbocycles. The van der Waals surface area contributed by atoms with Crippen LogP contribution >= 0.6 is 15.9 Å². The number of Topliss-reactive ketones (excluding diaryl/α,β-unsaturated/α-hetero) is 1. The second-order valence-electron chi connectivity index (χ2n) is 5.19. The second-order valence-corrected chi connectivity index (χ2v) is 6.04. The topological polar surface area (TPSA) is 26.3 Å². The zero-order valence-corrected chi connectivity index (χ0v) is 12.9. The molecule has 0 N–H and O–H groups in total. The molecule has 102 valence electrons. The number of carbonyl (C=O) groups excluding carboxylic acids is 1. The largest absolute Gasteiger partial charge is 0.493 e. The summed E-state index contributed by atoms with van der Waals surface area (Å²) in [7, 11) is 0. The van der Waals surface area contributed by atoms with Gasteiger partial charge in [-0.05, 0) is 65.7 Å². The Morgan fingerprint density at radius 1 is 1.37 bits per heavy atom. The highest BCUT2D eigenvalue weighted by Gasteiger charge is 2.19. The van der Waals surface area contributed by atoms with Gasteiger partial charge in [-0.15, -0.1) is 0 Å². The van der Waals surface area contributed by atoms with Crippen molar-refractivity contribution in [2.24, 2.45) is 11.8 Å². The van der Waals surface area contributed by atoms with Gasteiger partial charge in [-0.3, -0.25) is 4.79 Å². The van der Waals surface area contributed by atoms with Crippen molar-refractivity contribution < 1.29 is 9.53 Å². The first-order valence-electron chi connectivity index (χ1n) is 6.66. The van der Waals surface area contributed by atoms with Crippen molar-refractivity contribution >= 4 is 21.7 Å². The van der Waals surface area contributed by atoms with Crippen molar-refractivity contribution in [1.82, 2.24) is 0 Å². The minimum atomic E-state index is 0.0597. The molecule has 2 nitrogen and oxygen atoms in total. The Morgan fingerprint density at radius 2 is 2.11 bits per heavy atom. The van der Waals surface area contributed by atoms with Crippen LogP contribution in [0.15, 0.2) is 34.8 Å². The zero-order chi connectivity index (χ0) is 13.8. The number of ketones is 1. The molecule has 1 aliphatic carbocycles. The smallest absolute Gasteiger partial charge is 0.160 e. The molecule has 0 aromatic heterocycles. The summed E-state index contributed by atoms with van der Waals surface area (Å²) in [5.74, 6) is 2.13. The summed E-state index contributed by atoms with van der Waals surface area (Å²) in [6.07, 6.45) is 6.72. The molecule has 0 radical (unpaired) electrons. The van der Waals surface area contributed by atoms with E-state index < -0.39 is 0 Å². The lowest BCUT2D eigenvalue weighted by Crippen LogP contribution is -2.21. The fraction of sp³-hybridized carbons (Fsp3) is 0.438. The van der Waals surface area contributed by atoms with Crippen LogP contribution in [-0.2, 0) is 0 Å². The lowest BCUT2D eigenvalue weighted by Gasteiger charge is -2.25. The number of halogens is 1. The van der Waals surface area contributed by atoms with Gasteiger partial charge in [0.15, 0.2) is 5.78 Å². The Morgan fingerprint density at radius 3 is 2.74 bits per heavy atom. The third kappa shape index (κ3) is 3.69. The third-order valence-electron chi connectivity index (χ3n) is 3.70. The van der Waals surface area contributed by atoms with Crippen LogP contribution in [0.25, 0.3) is 0 Å². The summed E-state index contributed by atoms with van der Waals surface area (Å²) in [5.41, 5.74) is 0.696. The van der Waals surface area contributed by atoms with Gasteiger partial charge in [-0.2, -0.15) is 0 Å². The van der Waals surface area contributed by atoms with Crippen LogP contribution in [0.2, 0.25) is 0 Å². The van der Waals surface area contributed by atoms with Crippen molar-refractivity contribution in [3.8, 4) is 5.75 Å². The van der Waals surface area contributed by atoms with Crippen molar-refractivity contribution in [2.45, 2.75) is 26.7 Å². The average Bonchev–Trinajstić information content (AvgIpc) is 2.37. The number of ether oxygens (including phenoxy) is 1. The molecule has 0 fully saturated rings. The summed E-state index contributed by atoms with van der Waals surface area (Å²) < 4.78 is 6.66. The molecule has 0 spiro atoms. The SMILES string of the molecule is CC(=O)c1ccc(OCC2CC=CCC2C)cc1Br. The van der Waals surface area contributed by atoms with Crippen molar-refractivity contribution in [2.75, 3.05) is 6.61 Å². The maximum Gasteiger partial charge on any atom is 0.160 e. The maximum atomic E-state index is 11.3. The first-order valence-corrected chi connectivity index (χ1v) is 7.45. The predicted molar refractivity (Wildman–Crippen MR) is 80.7 cm³/mol. The standard InChI is InChI=1S/C16H19BrO2/c1-11-5-3-4-6-13(11)10-19-14-7-8-15(12(2)18)16(17)9-14/h3-4,7-9,11,13H,5-6,10H2,1-2H3. The monoisotopic (exact) mass is 322 g/mol. The Bertz CT molecular complexity index is 494. The van der Waals surface area contributed by atoms with E-state index in [0.29, 0.717) is 17.4 Å². The molecule has 0 saturated heterocycles. The first-order chi connectivity index (χ1) is 9.08. The number of benzene rings is 1. The summed E-state index contributed by atoms with van der Waals surface area (Å²) >= 11 is 3.41. The summed E-state index contributed by atoms with van der Waals surface area (Å²) in [6.45, 7) is 4.57. The summed E-state index contributed by atoms with van der Waals surface area (Å²) in [6, 6.07) is 5.55. The Hall–Kier alpha value is -1.09. The van der Waals surface area contributed by atoms with E-state index in [1.54, 1.807) is 6.92 Å². The van der Waals surface area contributed by atoms with Gasteiger partial charge < -0.3 is 4.74 Å². The highest BCUT2D eigenvalue weighted by atomic mass is 79.9. The van der Waals surface area contributed by atoms with Gasteiger partial charge in [-0.1, -0.05) is 19.1 Å². The van der Waals surface area contributed by atoms with Crippen LogP contribution in [0.5, 0.6) is 5.75 Å². The quantitative estimate of drug-likeness (QED) is 0.596. The molecule has 1 aliphatic rings. The van der Waals surface area contributed by atoms with Gasteiger partial charge in [0, 0.05) is 10.0 Å². The Labute approximate surface area is 123 Å². The molecule has 0 heterocycles. The third-order valence-corrected chi connectivity index (χ3v) is 4.36. The summed E-state index contributed by atoms with van der Waals surface area (Å²) in [5, 5.41) is 0. The van der Waals surface area contributed by atoms with Crippen LogP contribution in [-0.4, -0.2) is 12.4 Å². The van der Waals surface area contributed by atoms with Crippen LogP contribution in [0.1, 0.15) is 37.0 Å². The van der Waals surface area contributed by atoms with E-state index in [4.69, 9.17) is 4.74 Å². The minimum absolute atomic E-state index is 0.0597. The first kappa shape index (κ1) is 14.3. The van der Waals surface area contributed by atoms with Crippen LogP contribution in [0.4, 0.5) is 0 Å². The minimum Gasteiger partial charge on any atom is -0.493 e. The fourth-order valence-electron chi connectivity index (χ4n) is 2.31. The van der Waals surface area contributed by atoms with Gasteiger partial charge in [0.25, 0.3) is 0 Å². The molecular weight excluding hydrogens is 304 g/mol. The van der Waals surface area contributed by atoms with Crippen LogP contribution < -0.4 is 4.74 Å². The van der Waals surface area contributed by atoms with Gasteiger partial charge in [-0.25, -0.2) is 0 Å². The van der Waals surface area contributed by atoms with Gasteiger partial charge >= 0.3 is 0 Å². The predicted octanol–water partition coefficient (Wildman–Crippen LogP) is 4.63. The van der Waals surface area contributed by atoms with Crippen LogP contribution in [0.3, 0.4) is 0 Å². The number of carbonyl (C=O) groups is 1. The fourth-order valence-corrected chi connectivity index (χ4v) is 2.95. The van der Waals surface area contributed by atoms with E-state index in [-0.39, 0.29) is 5.78 Å². The molecule has 19 heavy (non-hydrogen) atoms. The average molecular weight is 323 g/mol. The van der Waals surface area contributed by atoms with Gasteiger partial charge in [0.05, 0.1) is 6.61 Å². The highest BCUT2D eigenvalue weighted by molar-refractivity contribution is 9.10. The lowest BCUT2D eigenvalue weighted by atomic mass is 9.85. The normalized spacial score (nSPS) is 22.3. The Kier molecular flexibility index (Phi) is 4.81. The zero-order valence-electron chi connectivity index (χ0n) is 11.4. The van der Waals surface area contributed by atoms with E-state index in [2.05, 4.69) is 35.0 Å². The number of hydrogen-bond donors (Lipinski definition) is 0. The molecule has 0 saturated carbocycles.